The van der Waals surface area contributed by atoms with Crippen LogP contribution in [0.5, 0.6) is 11.5 Å². The molecule has 1 atom stereocenters. The number of aliphatic hydroxyl groups is 1. The van der Waals surface area contributed by atoms with Gasteiger partial charge in [0.15, 0.2) is 0 Å². The standard InChI is InChI=1S/C16H20N4O4S/c1-23-10-5-6-13(24-2)11(7-10)12(21)8-17-15(22)18-16-20-19-14(25-16)9-3-4-9/h5-7,9,12,21H,3-4,8H2,1-2H3,(H2,17,18,20,22)/t12-/m0/s1. The molecule has 1 aromatic heterocycles. The van der Waals surface area contributed by atoms with Crippen LogP contribution in [0.1, 0.15) is 35.4 Å². The van der Waals surface area contributed by atoms with Crippen molar-refractivity contribution in [1.82, 2.24) is 15.5 Å². The quantitative estimate of drug-likeness (QED) is 0.696. The molecule has 3 N–H and O–H groups in total. The highest BCUT2D eigenvalue weighted by Crippen LogP contribution is 2.42. The molecule has 0 radical (unpaired) electrons. The number of hydrogen-bond acceptors (Lipinski definition) is 7. The number of ether oxygens (including phenoxy) is 2. The van der Waals surface area contributed by atoms with Crippen molar-refractivity contribution in [1.29, 1.82) is 0 Å². The van der Waals surface area contributed by atoms with Crippen LogP contribution in [-0.4, -0.2) is 42.1 Å². The van der Waals surface area contributed by atoms with Gasteiger partial charge in [0.1, 0.15) is 22.6 Å². The molecule has 134 valence electrons. The third kappa shape index (κ3) is 4.37. The topological polar surface area (TPSA) is 106 Å². The molecule has 1 aliphatic rings. The molecular weight excluding hydrogens is 344 g/mol. The molecule has 0 bridgehead atoms. The van der Waals surface area contributed by atoms with Crippen molar-refractivity contribution < 1.29 is 19.4 Å². The van der Waals surface area contributed by atoms with Crippen LogP contribution in [0, 0.1) is 0 Å². The summed E-state index contributed by atoms with van der Waals surface area (Å²) in [4.78, 5) is 12.0. The first-order valence-electron chi connectivity index (χ1n) is 7.89. The van der Waals surface area contributed by atoms with Crippen molar-refractivity contribution in [2.75, 3.05) is 26.1 Å². The Kier molecular flexibility index (Phi) is 5.34. The Labute approximate surface area is 149 Å². The fourth-order valence-corrected chi connectivity index (χ4v) is 3.23. The minimum Gasteiger partial charge on any atom is -0.497 e. The molecule has 25 heavy (non-hydrogen) atoms. The fourth-order valence-electron chi connectivity index (χ4n) is 2.32. The van der Waals surface area contributed by atoms with Gasteiger partial charge >= 0.3 is 6.03 Å². The third-order valence-electron chi connectivity index (χ3n) is 3.84. The lowest BCUT2D eigenvalue weighted by Gasteiger charge is -2.16. The second kappa shape index (κ2) is 7.66. The summed E-state index contributed by atoms with van der Waals surface area (Å²) in [5.74, 6) is 1.62. The summed E-state index contributed by atoms with van der Waals surface area (Å²) in [6, 6.07) is 4.68. The molecule has 1 saturated carbocycles. The minimum atomic E-state index is -0.938. The number of aromatic nitrogens is 2. The summed E-state index contributed by atoms with van der Waals surface area (Å²) in [5.41, 5.74) is 0.536. The number of benzene rings is 1. The van der Waals surface area contributed by atoms with Gasteiger partial charge in [-0.05, 0) is 31.0 Å². The fraction of sp³-hybridized carbons (Fsp3) is 0.438. The number of hydrogen-bond donors (Lipinski definition) is 3. The van der Waals surface area contributed by atoms with Gasteiger partial charge in [-0.3, -0.25) is 5.32 Å². The summed E-state index contributed by atoms with van der Waals surface area (Å²) >= 11 is 1.38. The monoisotopic (exact) mass is 364 g/mol. The van der Waals surface area contributed by atoms with E-state index in [0.29, 0.717) is 28.1 Å². The highest BCUT2D eigenvalue weighted by Gasteiger charge is 2.27. The molecular formula is C16H20N4O4S. The zero-order valence-corrected chi connectivity index (χ0v) is 14.8. The summed E-state index contributed by atoms with van der Waals surface area (Å²) in [6.45, 7) is 0.0175. The SMILES string of the molecule is COc1ccc(OC)c([C@@H](O)CNC(=O)Nc2nnc(C3CC3)s2)c1. The van der Waals surface area contributed by atoms with E-state index in [1.165, 1.54) is 18.4 Å². The van der Waals surface area contributed by atoms with E-state index in [2.05, 4.69) is 20.8 Å². The van der Waals surface area contributed by atoms with Crippen LogP contribution in [0.3, 0.4) is 0 Å². The molecule has 1 aliphatic carbocycles. The molecule has 3 rings (SSSR count). The van der Waals surface area contributed by atoms with Crippen molar-refractivity contribution in [2.24, 2.45) is 0 Å². The Morgan fingerprint density at radius 3 is 2.84 bits per heavy atom. The number of carbonyl (C=O) groups excluding carboxylic acids is 1. The number of nitrogens with one attached hydrogen (secondary N) is 2. The minimum absolute atomic E-state index is 0.0175. The maximum absolute atomic E-state index is 12.0. The van der Waals surface area contributed by atoms with E-state index < -0.39 is 12.1 Å². The zero-order chi connectivity index (χ0) is 17.8. The van der Waals surface area contributed by atoms with E-state index in [1.54, 1.807) is 25.3 Å². The van der Waals surface area contributed by atoms with Crippen molar-refractivity contribution in [3.63, 3.8) is 0 Å². The van der Waals surface area contributed by atoms with E-state index in [9.17, 15) is 9.90 Å². The average Bonchev–Trinajstić information content (AvgIpc) is 3.38. The Hall–Kier alpha value is -2.39. The molecule has 2 aromatic rings. The second-order valence-corrected chi connectivity index (χ2v) is 6.69. The maximum Gasteiger partial charge on any atom is 0.321 e. The number of aliphatic hydroxyl groups excluding tert-OH is 1. The van der Waals surface area contributed by atoms with Crippen molar-refractivity contribution in [3.05, 3.63) is 28.8 Å². The van der Waals surface area contributed by atoms with Gasteiger partial charge in [-0.25, -0.2) is 4.79 Å². The van der Waals surface area contributed by atoms with Gasteiger partial charge in [0.2, 0.25) is 5.13 Å². The molecule has 1 fully saturated rings. The predicted octanol–water partition coefficient (Wildman–Crippen LogP) is 2.29. The van der Waals surface area contributed by atoms with E-state index in [-0.39, 0.29) is 6.54 Å². The van der Waals surface area contributed by atoms with Crippen LogP contribution in [0.25, 0.3) is 0 Å². The normalized spacial score (nSPS) is 14.7. The first-order valence-corrected chi connectivity index (χ1v) is 8.70. The summed E-state index contributed by atoms with van der Waals surface area (Å²) in [6.07, 6.45) is 1.33. The Morgan fingerprint density at radius 1 is 1.36 bits per heavy atom. The van der Waals surface area contributed by atoms with Gasteiger partial charge in [0.25, 0.3) is 0 Å². The maximum atomic E-state index is 12.0. The molecule has 8 nitrogen and oxygen atoms in total. The largest absolute Gasteiger partial charge is 0.497 e. The molecule has 0 spiro atoms. The van der Waals surface area contributed by atoms with Gasteiger partial charge in [-0.15, -0.1) is 10.2 Å². The lowest BCUT2D eigenvalue weighted by molar-refractivity contribution is 0.170. The van der Waals surface area contributed by atoms with Gasteiger partial charge < -0.3 is 19.9 Å². The number of carbonyl (C=O) groups is 1. The van der Waals surface area contributed by atoms with Gasteiger partial charge in [-0.1, -0.05) is 11.3 Å². The van der Waals surface area contributed by atoms with Gasteiger partial charge in [0, 0.05) is 18.0 Å². The highest BCUT2D eigenvalue weighted by molar-refractivity contribution is 7.15. The number of amides is 2. The third-order valence-corrected chi connectivity index (χ3v) is 4.84. The first kappa shape index (κ1) is 17.4. The first-order chi connectivity index (χ1) is 12.1. The molecule has 2 amide bonds. The summed E-state index contributed by atoms with van der Waals surface area (Å²) in [7, 11) is 3.06. The molecule has 0 aliphatic heterocycles. The zero-order valence-electron chi connectivity index (χ0n) is 14.0. The number of rotatable bonds is 7. The highest BCUT2D eigenvalue weighted by atomic mass is 32.1. The van der Waals surface area contributed by atoms with E-state index in [1.807, 2.05) is 0 Å². The number of urea groups is 1. The number of methoxy groups -OCH3 is 2. The smallest absolute Gasteiger partial charge is 0.321 e. The van der Waals surface area contributed by atoms with Crippen LogP contribution in [0.15, 0.2) is 18.2 Å². The lowest BCUT2D eigenvalue weighted by Crippen LogP contribution is -2.32. The number of anilines is 1. The van der Waals surface area contributed by atoms with Crippen LogP contribution in [0.4, 0.5) is 9.93 Å². The van der Waals surface area contributed by atoms with Crippen molar-refractivity contribution in [3.8, 4) is 11.5 Å². The van der Waals surface area contributed by atoms with E-state index in [0.717, 1.165) is 17.8 Å². The summed E-state index contributed by atoms with van der Waals surface area (Å²) < 4.78 is 10.4. The summed E-state index contributed by atoms with van der Waals surface area (Å²) in [5, 5.41) is 25.0. The van der Waals surface area contributed by atoms with E-state index in [4.69, 9.17) is 9.47 Å². The van der Waals surface area contributed by atoms with Crippen LogP contribution >= 0.6 is 11.3 Å². The molecule has 1 heterocycles. The van der Waals surface area contributed by atoms with Crippen LogP contribution in [-0.2, 0) is 0 Å². The Bertz CT molecular complexity index is 747. The molecule has 1 aromatic carbocycles. The number of nitrogens with zero attached hydrogens (tertiary/aromatic N) is 2. The average molecular weight is 364 g/mol. The van der Waals surface area contributed by atoms with Crippen molar-refractivity contribution in [2.45, 2.75) is 24.9 Å². The van der Waals surface area contributed by atoms with Crippen molar-refractivity contribution >= 4 is 22.5 Å². The predicted molar refractivity (Wildman–Crippen MR) is 93.4 cm³/mol. The van der Waals surface area contributed by atoms with Gasteiger partial charge in [0.05, 0.1) is 14.2 Å². The molecule has 0 unspecified atom stereocenters. The molecule has 9 heteroatoms. The molecule has 0 saturated heterocycles. The second-order valence-electron chi connectivity index (χ2n) is 5.68. The Morgan fingerprint density at radius 2 is 2.16 bits per heavy atom. The van der Waals surface area contributed by atoms with E-state index >= 15 is 0 Å². The van der Waals surface area contributed by atoms with Crippen LogP contribution in [0.2, 0.25) is 0 Å². The Balaban J connectivity index is 1.55. The van der Waals surface area contributed by atoms with Crippen LogP contribution < -0.4 is 20.1 Å². The lowest BCUT2D eigenvalue weighted by atomic mass is 10.1. The van der Waals surface area contributed by atoms with Gasteiger partial charge in [-0.2, -0.15) is 0 Å².